The Labute approximate surface area is 140 Å². The van der Waals surface area contributed by atoms with Crippen molar-refractivity contribution in [2.75, 3.05) is 11.9 Å². The number of nitrogens with zero attached hydrogens (tertiary/aromatic N) is 2. The molecule has 5 heteroatoms. The standard InChI is InChI=1S/C18H21N3OS/c1-3-16-20-17(15-11-12(2)23-18(15)21-16)19-10-4-5-13-6-8-14(22)9-7-13/h6-9,11,22H,3-5,10H2,1-2H3,(H,19,20,21). The molecule has 1 aromatic carbocycles. The first-order valence-electron chi connectivity index (χ1n) is 7.94. The SMILES string of the molecule is CCc1nc(NCCCc2ccc(O)cc2)c2cc(C)sc2n1. The van der Waals surface area contributed by atoms with Gasteiger partial charge in [-0.2, -0.15) is 0 Å². The Hall–Kier alpha value is -2.14. The molecular weight excluding hydrogens is 306 g/mol. The van der Waals surface area contributed by atoms with Gasteiger partial charge in [0.25, 0.3) is 0 Å². The minimum Gasteiger partial charge on any atom is -0.508 e. The van der Waals surface area contributed by atoms with E-state index in [2.05, 4.69) is 35.2 Å². The lowest BCUT2D eigenvalue weighted by molar-refractivity contribution is 0.475. The highest BCUT2D eigenvalue weighted by Crippen LogP contribution is 2.28. The van der Waals surface area contributed by atoms with Crippen molar-refractivity contribution in [3.63, 3.8) is 0 Å². The lowest BCUT2D eigenvalue weighted by Crippen LogP contribution is -2.07. The van der Waals surface area contributed by atoms with Gasteiger partial charge in [-0.1, -0.05) is 19.1 Å². The molecule has 2 aromatic heterocycles. The third-order valence-corrected chi connectivity index (χ3v) is 4.69. The highest BCUT2D eigenvalue weighted by molar-refractivity contribution is 7.18. The lowest BCUT2D eigenvalue weighted by atomic mass is 10.1. The van der Waals surface area contributed by atoms with Crippen LogP contribution in [0.3, 0.4) is 0 Å². The van der Waals surface area contributed by atoms with E-state index in [4.69, 9.17) is 0 Å². The molecule has 4 nitrogen and oxygen atoms in total. The summed E-state index contributed by atoms with van der Waals surface area (Å²) in [6, 6.07) is 9.56. The van der Waals surface area contributed by atoms with Crippen LogP contribution in [0.5, 0.6) is 5.75 Å². The molecule has 0 aliphatic heterocycles. The van der Waals surface area contributed by atoms with Gasteiger partial charge in [0, 0.05) is 17.8 Å². The Morgan fingerprint density at radius 1 is 1.17 bits per heavy atom. The summed E-state index contributed by atoms with van der Waals surface area (Å²) in [4.78, 5) is 11.6. The van der Waals surface area contributed by atoms with Crippen molar-refractivity contribution in [3.8, 4) is 5.75 Å². The number of aromatic nitrogens is 2. The van der Waals surface area contributed by atoms with Crippen molar-refractivity contribution in [1.29, 1.82) is 0 Å². The zero-order chi connectivity index (χ0) is 16.2. The highest BCUT2D eigenvalue weighted by Gasteiger charge is 2.09. The molecule has 2 N–H and O–H groups in total. The van der Waals surface area contributed by atoms with Gasteiger partial charge in [-0.3, -0.25) is 0 Å². The fraction of sp³-hybridized carbons (Fsp3) is 0.333. The van der Waals surface area contributed by atoms with E-state index in [9.17, 15) is 5.11 Å². The van der Waals surface area contributed by atoms with Crippen LogP contribution in [0.4, 0.5) is 5.82 Å². The topological polar surface area (TPSA) is 58.0 Å². The van der Waals surface area contributed by atoms with Gasteiger partial charge in [0.15, 0.2) is 0 Å². The van der Waals surface area contributed by atoms with E-state index in [1.165, 1.54) is 10.4 Å². The Balaban J connectivity index is 1.65. The Kier molecular flexibility index (Phi) is 4.76. The number of hydrogen-bond acceptors (Lipinski definition) is 5. The molecule has 0 unspecified atom stereocenters. The van der Waals surface area contributed by atoms with Gasteiger partial charge >= 0.3 is 0 Å². The molecule has 3 rings (SSSR count). The van der Waals surface area contributed by atoms with E-state index in [1.54, 1.807) is 23.5 Å². The molecule has 2 heterocycles. The van der Waals surface area contributed by atoms with E-state index in [0.29, 0.717) is 5.75 Å². The number of aryl methyl sites for hydroxylation is 3. The van der Waals surface area contributed by atoms with Gasteiger partial charge < -0.3 is 10.4 Å². The maximum atomic E-state index is 9.30. The first-order valence-corrected chi connectivity index (χ1v) is 8.76. The van der Waals surface area contributed by atoms with E-state index in [0.717, 1.165) is 47.7 Å². The third-order valence-electron chi connectivity index (χ3n) is 3.75. The maximum absolute atomic E-state index is 9.30. The molecule has 0 radical (unpaired) electrons. The quantitative estimate of drug-likeness (QED) is 0.662. The molecule has 23 heavy (non-hydrogen) atoms. The second-order valence-corrected chi connectivity index (χ2v) is 6.85. The Morgan fingerprint density at radius 2 is 1.96 bits per heavy atom. The number of thiophene rings is 1. The van der Waals surface area contributed by atoms with Crippen molar-refractivity contribution >= 4 is 27.4 Å². The van der Waals surface area contributed by atoms with Crippen LogP contribution < -0.4 is 5.32 Å². The summed E-state index contributed by atoms with van der Waals surface area (Å²) in [5, 5.41) is 13.9. The summed E-state index contributed by atoms with van der Waals surface area (Å²) in [6.45, 7) is 5.05. The fourth-order valence-electron chi connectivity index (χ4n) is 2.54. The minimum absolute atomic E-state index is 0.315. The van der Waals surface area contributed by atoms with Crippen LogP contribution in [0.2, 0.25) is 0 Å². The van der Waals surface area contributed by atoms with E-state index in [1.807, 2.05) is 12.1 Å². The number of aromatic hydroxyl groups is 1. The summed E-state index contributed by atoms with van der Waals surface area (Å²) in [6.07, 6.45) is 2.83. The molecule has 0 amide bonds. The van der Waals surface area contributed by atoms with Gasteiger partial charge in [-0.15, -0.1) is 11.3 Å². The minimum atomic E-state index is 0.315. The molecule has 0 aliphatic rings. The number of nitrogens with one attached hydrogen (secondary N) is 1. The number of rotatable bonds is 6. The van der Waals surface area contributed by atoms with Crippen LogP contribution in [-0.2, 0) is 12.8 Å². The Bertz CT molecular complexity index is 796. The van der Waals surface area contributed by atoms with Crippen molar-refractivity contribution in [2.24, 2.45) is 0 Å². The van der Waals surface area contributed by atoms with Gasteiger partial charge in [-0.25, -0.2) is 9.97 Å². The van der Waals surface area contributed by atoms with Crippen LogP contribution in [0.15, 0.2) is 30.3 Å². The van der Waals surface area contributed by atoms with Crippen LogP contribution in [0, 0.1) is 6.92 Å². The molecule has 3 aromatic rings. The van der Waals surface area contributed by atoms with Crippen molar-refractivity contribution in [3.05, 3.63) is 46.6 Å². The number of anilines is 1. The molecule has 0 atom stereocenters. The van der Waals surface area contributed by atoms with Gasteiger partial charge in [0.05, 0.1) is 5.39 Å². The van der Waals surface area contributed by atoms with Crippen molar-refractivity contribution in [2.45, 2.75) is 33.1 Å². The zero-order valence-electron chi connectivity index (χ0n) is 13.5. The van der Waals surface area contributed by atoms with E-state index >= 15 is 0 Å². The summed E-state index contributed by atoms with van der Waals surface area (Å²) in [7, 11) is 0. The first-order chi connectivity index (χ1) is 11.2. The molecule has 0 saturated heterocycles. The molecule has 0 fully saturated rings. The second-order valence-electron chi connectivity index (χ2n) is 5.61. The van der Waals surface area contributed by atoms with Gasteiger partial charge in [-0.05, 0) is 43.5 Å². The summed E-state index contributed by atoms with van der Waals surface area (Å²) >= 11 is 1.72. The second kappa shape index (κ2) is 6.96. The number of benzene rings is 1. The zero-order valence-corrected chi connectivity index (χ0v) is 14.3. The average molecular weight is 327 g/mol. The molecule has 0 aliphatic carbocycles. The molecule has 0 saturated carbocycles. The van der Waals surface area contributed by atoms with Gasteiger partial charge in [0.2, 0.25) is 0 Å². The molecule has 120 valence electrons. The fourth-order valence-corrected chi connectivity index (χ4v) is 3.44. The molecule has 0 bridgehead atoms. The van der Waals surface area contributed by atoms with Crippen molar-refractivity contribution in [1.82, 2.24) is 9.97 Å². The predicted octanol–water partition coefficient (Wildman–Crippen LogP) is 4.31. The smallest absolute Gasteiger partial charge is 0.138 e. The van der Waals surface area contributed by atoms with E-state index < -0.39 is 0 Å². The number of fused-ring (bicyclic) bond motifs is 1. The highest BCUT2D eigenvalue weighted by atomic mass is 32.1. The van der Waals surface area contributed by atoms with Crippen molar-refractivity contribution < 1.29 is 5.11 Å². The predicted molar refractivity (Wildman–Crippen MR) is 96.4 cm³/mol. The normalized spacial score (nSPS) is 11.0. The van der Waals surface area contributed by atoms with E-state index in [-0.39, 0.29) is 0 Å². The van der Waals surface area contributed by atoms with Crippen LogP contribution in [-0.4, -0.2) is 21.6 Å². The average Bonchev–Trinajstić information content (AvgIpc) is 2.93. The molecule has 0 spiro atoms. The molecular formula is C18H21N3OS. The van der Waals surface area contributed by atoms with Crippen LogP contribution >= 0.6 is 11.3 Å². The third kappa shape index (κ3) is 3.79. The monoisotopic (exact) mass is 327 g/mol. The largest absolute Gasteiger partial charge is 0.508 e. The summed E-state index contributed by atoms with van der Waals surface area (Å²) in [5.41, 5.74) is 1.23. The Morgan fingerprint density at radius 3 is 2.70 bits per heavy atom. The van der Waals surface area contributed by atoms with Crippen LogP contribution in [0.25, 0.3) is 10.2 Å². The summed E-state index contributed by atoms with van der Waals surface area (Å²) < 4.78 is 0. The first kappa shape index (κ1) is 15.7. The number of phenolic OH excluding ortho intramolecular Hbond substituents is 1. The van der Waals surface area contributed by atoms with Crippen LogP contribution in [0.1, 0.15) is 29.6 Å². The number of hydrogen-bond donors (Lipinski definition) is 2. The maximum Gasteiger partial charge on any atom is 0.138 e. The summed E-state index contributed by atoms with van der Waals surface area (Å²) in [5.74, 6) is 2.15. The number of phenols is 1. The lowest BCUT2D eigenvalue weighted by Gasteiger charge is -2.08. The van der Waals surface area contributed by atoms with Gasteiger partial charge in [0.1, 0.15) is 22.2 Å².